The van der Waals surface area contributed by atoms with Crippen molar-refractivity contribution >= 4 is 29.1 Å². The topological polar surface area (TPSA) is 75.7 Å². The standard InChI is InChI=1S/C22H16N2O4/c1-14(25)23-15-6-5-9-17(12-15)28-18-10-11-19-20(13-18)22(27)24(21(19)26)16-7-3-2-4-8-16/h2-13H,1H3,(H,23,25). The summed E-state index contributed by atoms with van der Waals surface area (Å²) in [5.74, 6) is 0.00604. The van der Waals surface area contributed by atoms with Gasteiger partial charge in [0.2, 0.25) is 5.91 Å². The van der Waals surface area contributed by atoms with Gasteiger partial charge >= 0.3 is 0 Å². The maximum absolute atomic E-state index is 12.8. The number of nitrogens with zero attached hydrogens (tertiary/aromatic N) is 1. The van der Waals surface area contributed by atoms with E-state index in [-0.39, 0.29) is 17.7 Å². The molecule has 0 aromatic heterocycles. The fraction of sp³-hybridized carbons (Fsp3) is 0.0455. The number of para-hydroxylation sites is 1. The molecule has 0 unspecified atom stereocenters. The molecule has 3 amide bonds. The van der Waals surface area contributed by atoms with E-state index in [0.717, 1.165) is 4.90 Å². The molecule has 0 spiro atoms. The van der Waals surface area contributed by atoms with Crippen molar-refractivity contribution in [2.75, 3.05) is 10.2 Å². The molecule has 0 saturated carbocycles. The number of hydrogen-bond acceptors (Lipinski definition) is 4. The number of rotatable bonds is 4. The van der Waals surface area contributed by atoms with Crippen LogP contribution in [0.25, 0.3) is 0 Å². The Morgan fingerprint density at radius 3 is 2.29 bits per heavy atom. The van der Waals surface area contributed by atoms with Crippen LogP contribution in [0.15, 0.2) is 72.8 Å². The Bertz CT molecular complexity index is 1090. The highest BCUT2D eigenvalue weighted by Gasteiger charge is 2.36. The molecule has 6 nitrogen and oxygen atoms in total. The number of hydrogen-bond donors (Lipinski definition) is 1. The number of ether oxygens (including phenoxy) is 1. The lowest BCUT2D eigenvalue weighted by molar-refractivity contribution is -0.114. The van der Waals surface area contributed by atoms with Gasteiger partial charge in [-0.05, 0) is 42.5 Å². The highest BCUT2D eigenvalue weighted by molar-refractivity contribution is 6.34. The number of carbonyl (C=O) groups is 3. The summed E-state index contributed by atoms with van der Waals surface area (Å²) in [6.07, 6.45) is 0. The van der Waals surface area contributed by atoms with E-state index >= 15 is 0 Å². The zero-order valence-corrected chi connectivity index (χ0v) is 15.0. The molecule has 1 heterocycles. The van der Waals surface area contributed by atoms with Crippen LogP contribution in [0.3, 0.4) is 0 Å². The Hall–Kier alpha value is -3.93. The molecule has 0 aliphatic carbocycles. The molecule has 1 aliphatic rings. The van der Waals surface area contributed by atoms with Gasteiger partial charge in [-0.2, -0.15) is 0 Å². The summed E-state index contributed by atoms with van der Waals surface area (Å²) in [6, 6.07) is 20.5. The summed E-state index contributed by atoms with van der Waals surface area (Å²) in [5, 5.41) is 2.69. The first kappa shape index (κ1) is 17.5. The van der Waals surface area contributed by atoms with Gasteiger partial charge in [0.1, 0.15) is 11.5 Å². The Morgan fingerprint density at radius 1 is 0.821 bits per heavy atom. The third kappa shape index (κ3) is 3.23. The summed E-state index contributed by atoms with van der Waals surface area (Å²) in [6.45, 7) is 1.43. The average Bonchev–Trinajstić information content (AvgIpc) is 2.92. The van der Waals surface area contributed by atoms with Crippen LogP contribution < -0.4 is 15.0 Å². The van der Waals surface area contributed by atoms with Gasteiger partial charge in [-0.3, -0.25) is 14.4 Å². The van der Waals surface area contributed by atoms with Gasteiger partial charge in [-0.25, -0.2) is 4.90 Å². The second-order valence-electron chi connectivity index (χ2n) is 6.30. The maximum Gasteiger partial charge on any atom is 0.266 e. The predicted molar refractivity (Wildman–Crippen MR) is 105 cm³/mol. The first-order valence-corrected chi connectivity index (χ1v) is 8.66. The van der Waals surface area contributed by atoms with E-state index in [2.05, 4.69) is 5.32 Å². The SMILES string of the molecule is CC(=O)Nc1cccc(Oc2ccc3c(c2)C(=O)N(c2ccccc2)C3=O)c1. The second-order valence-corrected chi connectivity index (χ2v) is 6.30. The van der Waals surface area contributed by atoms with Gasteiger partial charge in [-0.1, -0.05) is 24.3 Å². The van der Waals surface area contributed by atoms with E-state index in [1.165, 1.54) is 6.92 Å². The van der Waals surface area contributed by atoms with E-state index in [0.29, 0.717) is 34.0 Å². The second kappa shape index (κ2) is 7.00. The van der Waals surface area contributed by atoms with Gasteiger partial charge in [0.05, 0.1) is 16.8 Å². The average molecular weight is 372 g/mol. The van der Waals surface area contributed by atoms with Crippen LogP contribution in [0.1, 0.15) is 27.6 Å². The molecular weight excluding hydrogens is 356 g/mol. The molecule has 4 rings (SSSR count). The first-order valence-electron chi connectivity index (χ1n) is 8.66. The molecule has 1 N–H and O–H groups in total. The van der Waals surface area contributed by atoms with Crippen molar-refractivity contribution in [2.45, 2.75) is 6.92 Å². The maximum atomic E-state index is 12.8. The molecule has 6 heteroatoms. The Morgan fingerprint density at radius 2 is 1.54 bits per heavy atom. The van der Waals surface area contributed by atoms with E-state index in [9.17, 15) is 14.4 Å². The van der Waals surface area contributed by atoms with Gasteiger partial charge in [0.15, 0.2) is 0 Å². The van der Waals surface area contributed by atoms with Crippen molar-refractivity contribution in [2.24, 2.45) is 0 Å². The lowest BCUT2D eigenvalue weighted by Crippen LogP contribution is -2.29. The Balaban J connectivity index is 1.61. The molecule has 0 atom stereocenters. The highest BCUT2D eigenvalue weighted by atomic mass is 16.5. The number of benzene rings is 3. The minimum absolute atomic E-state index is 0.181. The van der Waals surface area contributed by atoms with Crippen molar-refractivity contribution in [3.8, 4) is 11.5 Å². The fourth-order valence-corrected chi connectivity index (χ4v) is 3.07. The number of imide groups is 1. The van der Waals surface area contributed by atoms with Crippen molar-refractivity contribution in [1.29, 1.82) is 0 Å². The molecule has 28 heavy (non-hydrogen) atoms. The molecule has 3 aromatic carbocycles. The molecule has 3 aromatic rings. The van der Waals surface area contributed by atoms with E-state index in [1.807, 2.05) is 6.07 Å². The zero-order valence-electron chi connectivity index (χ0n) is 15.0. The van der Waals surface area contributed by atoms with E-state index in [1.54, 1.807) is 66.7 Å². The van der Waals surface area contributed by atoms with Crippen LogP contribution in [0.5, 0.6) is 11.5 Å². The minimum atomic E-state index is -0.386. The predicted octanol–water partition coefficient (Wildman–Crippen LogP) is 4.24. The van der Waals surface area contributed by atoms with Gasteiger partial charge in [0, 0.05) is 18.7 Å². The number of nitrogens with one attached hydrogen (secondary N) is 1. The van der Waals surface area contributed by atoms with Crippen LogP contribution in [0, 0.1) is 0 Å². The zero-order chi connectivity index (χ0) is 19.7. The lowest BCUT2D eigenvalue weighted by atomic mass is 10.1. The quantitative estimate of drug-likeness (QED) is 0.695. The van der Waals surface area contributed by atoms with Crippen LogP contribution in [-0.2, 0) is 4.79 Å². The van der Waals surface area contributed by atoms with Crippen molar-refractivity contribution in [3.63, 3.8) is 0 Å². The first-order chi connectivity index (χ1) is 13.5. The monoisotopic (exact) mass is 372 g/mol. The summed E-state index contributed by atoms with van der Waals surface area (Å²) >= 11 is 0. The molecular formula is C22H16N2O4. The highest BCUT2D eigenvalue weighted by Crippen LogP contribution is 2.32. The number of carbonyl (C=O) groups excluding carboxylic acids is 3. The summed E-state index contributed by atoms with van der Waals surface area (Å²) in [7, 11) is 0. The third-order valence-corrected chi connectivity index (χ3v) is 4.26. The van der Waals surface area contributed by atoms with Gasteiger partial charge in [-0.15, -0.1) is 0 Å². The van der Waals surface area contributed by atoms with Gasteiger partial charge in [0.25, 0.3) is 11.8 Å². The van der Waals surface area contributed by atoms with Crippen molar-refractivity contribution in [1.82, 2.24) is 0 Å². The summed E-state index contributed by atoms with van der Waals surface area (Å²) < 4.78 is 5.82. The number of amides is 3. The molecule has 0 bridgehead atoms. The summed E-state index contributed by atoms with van der Waals surface area (Å²) in [4.78, 5) is 37.8. The van der Waals surface area contributed by atoms with E-state index in [4.69, 9.17) is 4.74 Å². The molecule has 0 saturated heterocycles. The van der Waals surface area contributed by atoms with Gasteiger partial charge < -0.3 is 10.1 Å². The lowest BCUT2D eigenvalue weighted by Gasteiger charge is -2.13. The van der Waals surface area contributed by atoms with Crippen molar-refractivity contribution < 1.29 is 19.1 Å². The Labute approximate surface area is 161 Å². The third-order valence-electron chi connectivity index (χ3n) is 4.26. The van der Waals surface area contributed by atoms with Crippen LogP contribution in [-0.4, -0.2) is 17.7 Å². The normalized spacial score (nSPS) is 12.7. The summed E-state index contributed by atoms with van der Waals surface area (Å²) in [5.41, 5.74) is 1.77. The smallest absolute Gasteiger partial charge is 0.266 e. The van der Waals surface area contributed by atoms with Crippen LogP contribution >= 0.6 is 0 Å². The fourth-order valence-electron chi connectivity index (χ4n) is 3.07. The largest absolute Gasteiger partial charge is 0.457 e. The molecule has 0 fully saturated rings. The molecule has 0 radical (unpaired) electrons. The molecule has 1 aliphatic heterocycles. The van der Waals surface area contributed by atoms with Crippen LogP contribution in [0.2, 0.25) is 0 Å². The van der Waals surface area contributed by atoms with Crippen LogP contribution in [0.4, 0.5) is 11.4 Å². The number of fused-ring (bicyclic) bond motifs is 1. The molecule has 138 valence electrons. The number of anilines is 2. The van der Waals surface area contributed by atoms with E-state index < -0.39 is 0 Å². The Kier molecular flexibility index (Phi) is 4.37. The van der Waals surface area contributed by atoms with Crippen molar-refractivity contribution in [3.05, 3.63) is 83.9 Å². The minimum Gasteiger partial charge on any atom is -0.457 e.